The number of hydrogen-bond acceptors (Lipinski definition) is 4. The monoisotopic (exact) mass is 290 g/mol. The van der Waals surface area contributed by atoms with Crippen LogP contribution in [0, 0.1) is 11.8 Å². The molecular formula is C17H22O4. The first-order chi connectivity index (χ1) is 10.2. The fraction of sp³-hybridized carbons (Fsp3) is 0.529. The van der Waals surface area contributed by atoms with Crippen molar-refractivity contribution < 1.29 is 19.1 Å². The summed E-state index contributed by atoms with van der Waals surface area (Å²) < 4.78 is 9.99. The summed E-state index contributed by atoms with van der Waals surface area (Å²) >= 11 is 0. The van der Waals surface area contributed by atoms with E-state index in [1.54, 1.807) is 6.92 Å². The summed E-state index contributed by atoms with van der Waals surface area (Å²) in [6.07, 6.45) is 2.19. The van der Waals surface area contributed by atoms with Gasteiger partial charge in [0.25, 0.3) is 0 Å². The molecule has 0 aliphatic heterocycles. The Morgan fingerprint density at radius 2 is 1.81 bits per heavy atom. The highest BCUT2D eigenvalue weighted by atomic mass is 16.5. The minimum atomic E-state index is -0.409. The third-order valence-corrected chi connectivity index (χ3v) is 4.21. The molecule has 0 saturated heterocycles. The second-order valence-electron chi connectivity index (χ2n) is 5.41. The Hall–Kier alpha value is -1.84. The smallest absolute Gasteiger partial charge is 0.309 e. The predicted molar refractivity (Wildman–Crippen MR) is 78.7 cm³/mol. The Labute approximate surface area is 125 Å². The van der Waals surface area contributed by atoms with E-state index in [1.807, 2.05) is 18.2 Å². The Bertz CT molecular complexity index is 483. The summed E-state index contributed by atoms with van der Waals surface area (Å²) in [6, 6.07) is 10.1. The van der Waals surface area contributed by atoms with Crippen molar-refractivity contribution in [3.8, 4) is 0 Å². The van der Waals surface area contributed by atoms with Crippen molar-refractivity contribution in [3.05, 3.63) is 35.9 Å². The van der Waals surface area contributed by atoms with Crippen LogP contribution in [0.2, 0.25) is 0 Å². The number of esters is 2. The largest absolute Gasteiger partial charge is 0.469 e. The van der Waals surface area contributed by atoms with Gasteiger partial charge < -0.3 is 9.47 Å². The van der Waals surface area contributed by atoms with E-state index in [-0.39, 0.29) is 17.9 Å². The molecule has 0 spiro atoms. The molecule has 0 aromatic heterocycles. The van der Waals surface area contributed by atoms with E-state index in [2.05, 4.69) is 12.1 Å². The Kier molecular flexibility index (Phi) is 5.37. The minimum absolute atomic E-state index is 0.278. The van der Waals surface area contributed by atoms with Crippen molar-refractivity contribution in [2.75, 3.05) is 13.7 Å². The molecule has 1 saturated carbocycles. The van der Waals surface area contributed by atoms with Gasteiger partial charge in [-0.05, 0) is 37.7 Å². The van der Waals surface area contributed by atoms with Crippen molar-refractivity contribution in [3.63, 3.8) is 0 Å². The molecular weight excluding hydrogens is 268 g/mol. The van der Waals surface area contributed by atoms with Crippen molar-refractivity contribution in [1.82, 2.24) is 0 Å². The number of rotatable bonds is 4. The van der Waals surface area contributed by atoms with E-state index < -0.39 is 5.92 Å². The molecule has 1 aliphatic carbocycles. The fourth-order valence-corrected chi connectivity index (χ4v) is 3.14. The second kappa shape index (κ2) is 7.25. The van der Waals surface area contributed by atoms with Crippen molar-refractivity contribution in [2.24, 2.45) is 11.8 Å². The second-order valence-corrected chi connectivity index (χ2v) is 5.41. The summed E-state index contributed by atoms with van der Waals surface area (Å²) in [5, 5.41) is 0. The van der Waals surface area contributed by atoms with Gasteiger partial charge in [-0.25, -0.2) is 0 Å². The predicted octanol–water partition coefficient (Wildman–Crippen LogP) is 2.92. The first-order valence-electron chi connectivity index (χ1n) is 7.46. The number of ether oxygens (including phenoxy) is 2. The van der Waals surface area contributed by atoms with E-state index in [0.717, 1.165) is 6.42 Å². The van der Waals surface area contributed by atoms with Crippen LogP contribution in [0.3, 0.4) is 0 Å². The van der Waals surface area contributed by atoms with Gasteiger partial charge in [0, 0.05) is 0 Å². The standard InChI is InChI=1S/C17H22O4/c1-3-21-17(19)14-10-9-13(11-15(14)16(18)20-2)12-7-5-4-6-8-12/h4-8,13-15H,3,9-11H2,1-2H3. The molecule has 1 fully saturated rings. The molecule has 1 aromatic rings. The van der Waals surface area contributed by atoms with Crippen molar-refractivity contribution in [2.45, 2.75) is 32.1 Å². The maximum Gasteiger partial charge on any atom is 0.309 e. The van der Waals surface area contributed by atoms with Crippen LogP contribution in [0.1, 0.15) is 37.7 Å². The molecule has 0 radical (unpaired) electrons. The molecule has 114 valence electrons. The highest BCUT2D eigenvalue weighted by Crippen LogP contribution is 2.40. The van der Waals surface area contributed by atoms with Gasteiger partial charge in [0.15, 0.2) is 0 Å². The SMILES string of the molecule is CCOC(=O)C1CCC(c2ccccc2)CC1C(=O)OC. The highest BCUT2D eigenvalue weighted by molar-refractivity contribution is 5.82. The average molecular weight is 290 g/mol. The normalized spacial score (nSPS) is 25.1. The molecule has 1 aromatic carbocycles. The van der Waals surface area contributed by atoms with Crippen LogP contribution in [-0.2, 0) is 19.1 Å². The molecule has 1 aliphatic rings. The highest BCUT2D eigenvalue weighted by Gasteiger charge is 2.41. The van der Waals surface area contributed by atoms with Crippen molar-refractivity contribution >= 4 is 11.9 Å². The van der Waals surface area contributed by atoms with E-state index in [4.69, 9.17) is 9.47 Å². The maximum absolute atomic E-state index is 12.0. The van der Waals surface area contributed by atoms with Gasteiger partial charge in [-0.3, -0.25) is 9.59 Å². The quantitative estimate of drug-likeness (QED) is 0.800. The Morgan fingerprint density at radius 1 is 1.10 bits per heavy atom. The van der Waals surface area contributed by atoms with Gasteiger partial charge in [-0.2, -0.15) is 0 Å². The van der Waals surface area contributed by atoms with Crippen LogP contribution in [0.25, 0.3) is 0 Å². The number of methoxy groups -OCH3 is 1. The van der Waals surface area contributed by atoms with Crippen LogP contribution in [0.15, 0.2) is 30.3 Å². The molecule has 2 rings (SSSR count). The van der Waals surface area contributed by atoms with Gasteiger partial charge in [-0.1, -0.05) is 30.3 Å². The fourth-order valence-electron chi connectivity index (χ4n) is 3.14. The number of carbonyl (C=O) groups is 2. The molecule has 21 heavy (non-hydrogen) atoms. The Balaban J connectivity index is 2.15. The zero-order chi connectivity index (χ0) is 15.2. The lowest BCUT2D eigenvalue weighted by atomic mass is 9.72. The summed E-state index contributed by atoms with van der Waals surface area (Å²) in [4.78, 5) is 24.1. The van der Waals surface area contributed by atoms with Gasteiger partial charge >= 0.3 is 11.9 Å². The van der Waals surface area contributed by atoms with Gasteiger partial charge in [0.2, 0.25) is 0 Å². The molecule has 0 amide bonds. The Morgan fingerprint density at radius 3 is 2.43 bits per heavy atom. The topological polar surface area (TPSA) is 52.6 Å². The average Bonchev–Trinajstić information content (AvgIpc) is 2.54. The lowest BCUT2D eigenvalue weighted by Gasteiger charge is -2.33. The van der Waals surface area contributed by atoms with Crippen LogP contribution < -0.4 is 0 Å². The molecule has 4 nitrogen and oxygen atoms in total. The van der Waals surface area contributed by atoms with Crippen LogP contribution >= 0.6 is 0 Å². The first kappa shape index (κ1) is 15.5. The van der Waals surface area contributed by atoms with Gasteiger partial charge in [0.05, 0.1) is 25.6 Å². The van der Waals surface area contributed by atoms with E-state index in [9.17, 15) is 9.59 Å². The summed E-state index contributed by atoms with van der Waals surface area (Å²) in [5.74, 6) is -1.08. The zero-order valence-corrected chi connectivity index (χ0v) is 12.6. The summed E-state index contributed by atoms with van der Waals surface area (Å²) in [7, 11) is 1.37. The lowest BCUT2D eigenvalue weighted by Crippen LogP contribution is -2.36. The number of carbonyl (C=O) groups excluding carboxylic acids is 2. The summed E-state index contributed by atoms with van der Waals surface area (Å²) in [5.41, 5.74) is 1.22. The van der Waals surface area contributed by atoms with Crippen molar-refractivity contribution in [1.29, 1.82) is 0 Å². The third kappa shape index (κ3) is 3.63. The van der Waals surface area contributed by atoms with Crippen LogP contribution in [0.5, 0.6) is 0 Å². The van der Waals surface area contributed by atoms with Gasteiger partial charge in [0.1, 0.15) is 0 Å². The van der Waals surface area contributed by atoms with Gasteiger partial charge in [-0.15, -0.1) is 0 Å². The molecule has 3 unspecified atom stereocenters. The first-order valence-corrected chi connectivity index (χ1v) is 7.46. The van der Waals surface area contributed by atoms with Crippen LogP contribution in [-0.4, -0.2) is 25.7 Å². The molecule has 3 atom stereocenters. The maximum atomic E-state index is 12.0. The molecule has 0 heterocycles. The van der Waals surface area contributed by atoms with E-state index in [1.165, 1.54) is 12.7 Å². The zero-order valence-electron chi connectivity index (χ0n) is 12.6. The molecule has 4 heteroatoms. The number of benzene rings is 1. The van der Waals surface area contributed by atoms with E-state index >= 15 is 0 Å². The third-order valence-electron chi connectivity index (χ3n) is 4.21. The lowest BCUT2D eigenvalue weighted by molar-refractivity contribution is -0.161. The molecule has 0 N–H and O–H groups in total. The summed E-state index contributed by atoms with van der Waals surface area (Å²) in [6.45, 7) is 2.12. The van der Waals surface area contributed by atoms with E-state index in [0.29, 0.717) is 25.4 Å². The molecule has 0 bridgehead atoms. The minimum Gasteiger partial charge on any atom is -0.469 e. The van der Waals surface area contributed by atoms with Crippen LogP contribution in [0.4, 0.5) is 0 Å². The number of hydrogen-bond donors (Lipinski definition) is 0.